The molecule has 3 fully saturated rings. The van der Waals surface area contributed by atoms with Gasteiger partial charge in [-0.3, -0.25) is 14.7 Å². The quantitative estimate of drug-likeness (QED) is 0.847. The Kier molecular flexibility index (Phi) is 4.55. The molecule has 1 amide bonds. The first-order chi connectivity index (χ1) is 11.7. The molecule has 3 atom stereocenters. The normalized spacial score (nSPS) is 30.0. The molecule has 24 heavy (non-hydrogen) atoms. The molecule has 4 rings (SSSR count). The molecule has 3 aliphatic rings. The highest BCUT2D eigenvalue weighted by Gasteiger charge is 2.42. The third kappa shape index (κ3) is 3.47. The van der Waals surface area contributed by atoms with Crippen molar-refractivity contribution >= 4 is 5.91 Å². The molecule has 130 valence electrons. The van der Waals surface area contributed by atoms with Gasteiger partial charge in [0.1, 0.15) is 0 Å². The van der Waals surface area contributed by atoms with Gasteiger partial charge in [-0.1, -0.05) is 6.07 Å². The molecule has 4 heterocycles. The zero-order valence-electron chi connectivity index (χ0n) is 14.5. The van der Waals surface area contributed by atoms with Crippen LogP contribution in [0, 0.1) is 12.8 Å². The van der Waals surface area contributed by atoms with E-state index in [1.165, 1.54) is 0 Å². The average molecular weight is 329 g/mol. The van der Waals surface area contributed by atoms with Gasteiger partial charge in [-0.05, 0) is 38.3 Å². The van der Waals surface area contributed by atoms with E-state index in [1.54, 1.807) is 0 Å². The van der Waals surface area contributed by atoms with Gasteiger partial charge in [-0.2, -0.15) is 0 Å². The number of aryl methyl sites for hydroxylation is 1. The van der Waals surface area contributed by atoms with Crippen LogP contribution in [0.4, 0.5) is 0 Å². The molecule has 5 nitrogen and oxygen atoms in total. The fraction of sp³-hybridized carbons (Fsp3) is 0.684. The summed E-state index contributed by atoms with van der Waals surface area (Å²) in [5.41, 5.74) is 2.21. The highest BCUT2D eigenvalue weighted by Crippen LogP contribution is 2.35. The average Bonchev–Trinajstić information content (AvgIpc) is 3.23. The Morgan fingerprint density at radius 3 is 2.88 bits per heavy atom. The Balaban J connectivity index is 1.26. The summed E-state index contributed by atoms with van der Waals surface area (Å²) in [6.45, 7) is 6.84. The van der Waals surface area contributed by atoms with Gasteiger partial charge in [0, 0.05) is 44.3 Å². The van der Waals surface area contributed by atoms with E-state index in [1.807, 2.05) is 17.9 Å². The molecular formula is C19H27N3O2. The molecule has 1 aromatic heterocycles. The highest BCUT2D eigenvalue weighted by molar-refractivity contribution is 5.77. The zero-order chi connectivity index (χ0) is 16.5. The monoisotopic (exact) mass is 329 g/mol. The van der Waals surface area contributed by atoms with Crippen molar-refractivity contribution < 1.29 is 9.53 Å². The Morgan fingerprint density at radius 1 is 1.29 bits per heavy atom. The molecule has 5 heteroatoms. The summed E-state index contributed by atoms with van der Waals surface area (Å²) in [6, 6.07) is 6.21. The number of ether oxygens (including phenoxy) is 1. The lowest BCUT2D eigenvalue weighted by molar-refractivity contribution is -0.132. The predicted octanol–water partition coefficient (Wildman–Crippen LogP) is 1.99. The molecule has 0 bridgehead atoms. The molecule has 0 spiro atoms. The van der Waals surface area contributed by atoms with Crippen LogP contribution in [-0.2, 0) is 16.1 Å². The summed E-state index contributed by atoms with van der Waals surface area (Å²) >= 11 is 0. The van der Waals surface area contributed by atoms with Gasteiger partial charge in [0.25, 0.3) is 0 Å². The first-order valence-corrected chi connectivity index (χ1v) is 9.25. The number of hydrogen-bond donors (Lipinski definition) is 0. The maximum atomic E-state index is 12.3. The number of hydrogen-bond acceptors (Lipinski definition) is 4. The van der Waals surface area contributed by atoms with Crippen molar-refractivity contribution in [3.8, 4) is 0 Å². The molecule has 0 radical (unpaired) electrons. The van der Waals surface area contributed by atoms with Crippen LogP contribution in [-0.4, -0.2) is 59.1 Å². The van der Waals surface area contributed by atoms with Crippen molar-refractivity contribution in [3.63, 3.8) is 0 Å². The number of likely N-dealkylation sites (tertiary alicyclic amines) is 2. The largest absolute Gasteiger partial charge is 0.373 e. The Labute approximate surface area is 144 Å². The molecule has 0 saturated carbocycles. The van der Waals surface area contributed by atoms with Crippen LogP contribution >= 0.6 is 0 Å². The third-order valence-electron chi connectivity index (χ3n) is 5.58. The van der Waals surface area contributed by atoms with Gasteiger partial charge in [0.15, 0.2) is 0 Å². The molecule has 1 aromatic rings. The number of pyridine rings is 1. The van der Waals surface area contributed by atoms with Crippen LogP contribution in [0.15, 0.2) is 18.2 Å². The number of fused-ring (bicyclic) bond motifs is 1. The van der Waals surface area contributed by atoms with E-state index in [9.17, 15) is 4.79 Å². The second-order valence-electron chi connectivity index (χ2n) is 7.55. The minimum atomic E-state index is 0.132. The first-order valence-electron chi connectivity index (χ1n) is 9.25. The fourth-order valence-electron chi connectivity index (χ4n) is 4.42. The van der Waals surface area contributed by atoms with Crippen LogP contribution < -0.4 is 0 Å². The summed E-state index contributed by atoms with van der Waals surface area (Å²) < 4.78 is 6.20. The van der Waals surface area contributed by atoms with E-state index >= 15 is 0 Å². The van der Waals surface area contributed by atoms with Crippen LogP contribution in [0.2, 0.25) is 0 Å². The Bertz CT molecular complexity index is 586. The van der Waals surface area contributed by atoms with E-state index in [-0.39, 0.29) is 6.10 Å². The van der Waals surface area contributed by atoms with Crippen LogP contribution in [0.5, 0.6) is 0 Å². The van der Waals surface area contributed by atoms with E-state index < -0.39 is 0 Å². The minimum absolute atomic E-state index is 0.132. The van der Waals surface area contributed by atoms with Gasteiger partial charge >= 0.3 is 0 Å². The van der Waals surface area contributed by atoms with Gasteiger partial charge in [0.2, 0.25) is 5.91 Å². The van der Waals surface area contributed by atoms with Gasteiger partial charge in [-0.15, -0.1) is 0 Å². The number of rotatable bonds is 4. The van der Waals surface area contributed by atoms with Crippen molar-refractivity contribution in [2.45, 2.75) is 51.4 Å². The molecule has 0 aromatic carbocycles. The summed E-state index contributed by atoms with van der Waals surface area (Å²) in [6.07, 6.45) is 4.35. The number of carbonyl (C=O) groups excluding carboxylic acids is 1. The molecule has 3 aliphatic heterocycles. The van der Waals surface area contributed by atoms with Crippen molar-refractivity contribution in [1.82, 2.24) is 14.8 Å². The smallest absolute Gasteiger partial charge is 0.225 e. The maximum absolute atomic E-state index is 12.3. The number of aromatic nitrogens is 1. The zero-order valence-corrected chi connectivity index (χ0v) is 14.5. The lowest BCUT2D eigenvalue weighted by atomic mass is 10.0. The van der Waals surface area contributed by atoms with E-state index in [0.29, 0.717) is 24.3 Å². The van der Waals surface area contributed by atoms with Crippen molar-refractivity contribution in [2.75, 3.05) is 26.2 Å². The van der Waals surface area contributed by atoms with E-state index in [4.69, 9.17) is 4.74 Å². The first kappa shape index (κ1) is 16.0. The second kappa shape index (κ2) is 6.81. The third-order valence-corrected chi connectivity index (χ3v) is 5.58. The topological polar surface area (TPSA) is 45.7 Å². The summed E-state index contributed by atoms with van der Waals surface area (Å²) in [5.74, 6) is 0.865. The summed E-state index contributed by atoms with van der Waals surface area (Å²) in [4.78, 5) is 21.3. The van der Waals surface area contributed by atoms with Gasteiger partial charge in [0.05, 0.1) is 24.3 Å². The van der Waals surface area contributed by atoms with E-state index in [0.717, 1.165) is 63.4 Å². The summed E-state index contributed by atoms with van der Waals surface area (Å²) in [7, 11) is 0. The molecule has 3 saturated heterocycles. The minimum Gasteiger partial charge on any atom is -0.373 e. The van der Waals surface area contributed by atoms with E-state index in [2.05, 4.69) is 22.0 Å². The molecule has 0 unspecified atom stereocenters. The molecule has 0 N–H and O–H groups in total. The van der Waals surface area contributed by atoms with Gasteiger partial charge in [-0.25, -0.2) is 0 Å². The molecule has 0 aliphatic carbocycles. The predicted molar refractivity (Wildman–Crippen MR) is 91.5 cm³/mol. The number of nitrogens with zero attached hydrogens (tertiary/aromatic N) is 3. The van der Waals surface area contributed by atoms with Crippen LogP contribution in [0.1, 0.15) is 37.1 Å². The lowest BCUT2D eigenvalue weighted by Gasteiger charge is -2.21. The van der Waals surface area contributed by atoms with Crippen molar-refractivity contribution in [1.29, 1.82) is 0 Å². The van der Waals surface area contributed by atoms with Crippen molar-refractivity contribution in [3.05, 3.63) is 29.6 Å². The fourth-order valence-corrected chi connectivity index (χ4v) is 4.42. The maximum Gasteiger partial charge on any atom is 0.225 e. The number of amides is 1. The standard InChI is InChI=1S/C19H27N3O2/c1-14-5-4-6-16(20-14)12-21-11-15-9-17(24-18(15)13-21)10-19(23)22-7-2-3-8-22/h4-6,15,17-18H,2-3,7-13H2,1H3/t15-,17-,18+/m1/s1. The lowest BCUT2D eigenvalue weighted by Crippen LogP contribution is -2.32. The van der Waals surface area contributed by atoms with Crippen LogP contribution in [0.25, 0.3) is 0 Å². The van der Waals surface area contributed by atoms with Gasteiger partial charge < -0.3 is 9.64 Å². The Morgan fingerprint density at radius 2 is 2.12 bits per heavy atom. The second-order valence-corrected chi connectivity index (χ2v) is 7.55. The molecular weight excluding hydrogens is 302 g/mol. The number of carbonyl (C=O) groups is 1. The SMILES string of the molecule is Cc1cccc(CN2C[C@H]3C[C@H](CC(=O)N4CCCC4)O[C@H]3C2)n1. The summed E-state index contributed by atoms with van der Waals surface area (Å²) in [5, 5.41) is 0. The highest BCUT2D eigenvalue weighted by atomic mass is 16.5. The van der Waals surface area contributed by atoms with Crippen molar-refractivity contribution in [2.24, 2.45) is 5.92 Å². The van der Waals surface area contributed by atoms with Crippen LogP contribution in [0.3, 0.4) is 0 Å². The Hall–Kier alpha value is -1.46.